The first-order valence-corrected chi connectivity index (χ1v) is 8.26. The molecule has 5 nitrogen and oxygen atoms in total. The molecule has 1 unspecified atom stereocenters. The Bertz CT molecular complexity index is 462. The van der Waals surface area contributed by atoms with Crippen molar-refractivity contribution >= 4 is 29.9 Å². The Morgan fingerprint density at radius 2 is 2.09 bits per heavy atom. The number of guanidine groups is 1. The molecule has 1 atom stereocenters. The highest BCUT2D eigenvalue weighted by molar-refractivity contribution is 14.0. The van der Waals surface area contributed by atoms with Crippen LogP contribution in [0, 0.1) is 12.3 Å². The van der Waals surface area contributed by atoms with E-state index in [2.05, 4.69) is 61.5 Å². The van der Waals surface area contributed by atoms with Gasteiger partial charge in [-0.15, -0.1) is 24.0 Å². The van der Waals surface area contributed by atoms with Gasteiger partial charge in [0.25, 0.3) is 0 Å². The van der Waals surface area contributed by atoms with Crippen molar-refractivity contribution < 1.29 is 0 Å². The van der Waals surface area contributed by atoms with E-state index >= 15 is 0 Å². The van der Waals surface area contributed by atoms with Crippen LogP contribution in [0.1, 0.15) is 52.5 Å². The summed E-state index contributed by atoms with van der Waals surface area (Å²) in [5.74, 6) is 0.887. The van der Waals surface area contributed by atoms with Crippen LogP contribution < -0.4 is 10.6 Å². The third kappa shape index (κ3) is 10.6. The van der Waals surface area contributed by atoms with Gasteiger partial charge >= 0.3 is 0 Å². The number of nitrogens with one attached hydrogen (secondary N) is 2. The Labute approximate surface area is 158 Å². The average molecular weight is 435 g/mol. The van der Waals surface area contributed by atoms with E-state index in [9.17, 15) is 0 Å². The van der Waals surface area contributed by atoms with E-state index in [-0.39, 0.29) is 24.0 Å². The van der Waals surface area contributed by atoms with Crippen molar-refractivity contribution in [3.05, 3.63) is 18.0 Å². The molecule has 0 aliphatic rings. The first-order chi connectivity index (χ1) is 10.3. The van der Waals surface area contributed by atoms with E-state index in [1.807, 2.05) is 17.9 Å². The molecule has 1 aromatic heterocycles. The first kappa shape index (κ1) is 22.2. The molecular weight excluding hydrogens is 401 g/mol. The largest absolute Gasteiger partial charge is 0.356 e. The second kappa shape index (κ2) is 10.9. The molecule has 0 aliphatic carbocycles. The lowest BCUT2D eigenvalue weighted by Gasteiger charge is -2.23. The van der Waals surface area contributed by atoms with Crippen molar-refractivity contribution in [1.82, 2.24) is 20.4 Å². The van der Waals surface area contributed by atoms with Crippen LogP contribution in [0.3, 0.4) is 0 Å². The zero-order valence-electron chi connectivity index (χ0n) is 15.5. The smallest absolute Gasteiger partial charge is 0.191 e. The minimum Gasteiger partial charge on any atom is -0.356 e. The van der Waals surface area contributed by atoms with Gasteiger partial charge in [0.05, 0.1) is 6.20 Å². The molecule has 1 heterocycles. The summed E-state index contributed by atoms with van der Waals surface area (Å²) in [5.41, 5.74) is 1.59. The molecule has 0 bridgehead atoms. The number of hydrogen-bond acceptors (Lipinski definition) is 2. The average Bonchev–Trinajstić information content (AvgIpc) is 2.85. The summed E-state index contributed by atoms with van der Waals surface area (Å²) in [7, 11) is 1.82. The van der Waals surface area contributed by atoms with Crippen molar-refractivity contribution in [3.8, 4) is 0 Å². The van der Waals surface area contributed by atoms with Gasteiger partial charge in [-0.2, -0.15) is 5.10 Å². The quantitative estimate of drug-likeness (QED) is 0.298. The maximum atomic E-state index is 4.29. The number of aryl methyl sites for hydroxylation is 2. The number of rotatable bonds is 7. The Balaban J connectivity index is 0.00000484. The second-order valence-corrected chi connectivity index (χ2v) is 7.28. The minimum atomic E-state index is 0. The standard InChI is InChI=1S/C17H33N5.HI/c1-14-12-20-22(13-14)11-7-10-19-16(18-6)21-15(2)8-9-17(3,4)5;/h12-13,15H,7-11H2,1-6H3,(H2,18,19,21);1H. The molecule has 0 spiro atoms. The topological polar surface area (TPSA) is 54.2 Å². The summed E-state index contributed by atoms with van der Waals surface area (Å²) in [6.07, 6.45) is 7.35. The van der Waals surface area contributed by atoms with E-state index < -0.39 is 0 Å². The van der Waals surface area contributed by atoms with Crippen LogP contribution in [0.4, 0.5) is 0 Å². The van der Waals surface area contributed by atoms with E-state index in [0.717, 1.165) is 31.9 Å². The maximum Gasteiger partial charge on any atom is 0.191 e. The van der Waals surface area contributed by atoms with Crippen LogP contribution in [0.5, 0.6) is 0 Å². The SMILES string of the molecule is CN=C(NCCCn1cc(C)cn1)NC(C)CCC(C)(C)C.I. The molecule has 0 saturated heterocycles. The summed E-state index contributed by atoms with van der Waals surface area (Å²) in [5, 5.41) is 11.1. The third-order valence-electron chi connectivity index (χ3n) is 3.55. The van der Waals surface area contributed by atoms with Crippen LogP contribution in [0.25, 0.3) is 0 Å². The van der Waals surface area contributed by atoms with Gasteiger partial charge in [0.15, 0.2) is 5.96 Å². The normalized spacial score (nSPS) is 13.4. The van der Waals surface area contributed by atoms with Crippen LogP contribution in [0.15, 0.2) is 17.4 Å². The lowest BCUT2D eigenvalue weighted by molar-refractivity contribution is 0.346. The van der Waals surface area contributed by atoms with Gasteiger partial charge < -0.3 is 10.6 Å². The third-order valence-corrected chi connectivity index (χ3v) is 3.55. The fourth-order valence-electron chi connectivity index (χ4n) is 2.19. The molecule has 0 radical (unpaired) electrons. The van der Waals surface area contributed by atoms with Gasteiger partial charge in [0.1, 0.15) is 0 Å². The van der Waals surface area contributed by atoms with Crippen LogP contribution in [-0.4, -0.2) is 35.4 Å². The van der Waals surface area contributed by atoms with E-state index in [0.29, 0.717) is 11.5 Å². The Morgan fingerprint density at radius 1 is 1.39 bits per heavy atom. The molecule has 1 aromatic rings. The van der Waals surface area contributed by atoms with Crippen LogP contribution in [-0.2, 0) is 6.54 Å². The summed E-state index contributed by atoms with van der Waals surface area (Å²) in [4.78, 5) is 4.29. The van der Waals surface area contributed by atoms with Crippen LogP contribution in [0.2, 0.25) is 0 Å². The van der Waals surface area contributed by atoms with Gasteiger partial charge in [-0.1, -0.05) is 20.8 Å². The zero-order valence-corrected chi connectivity index (χ0v) is 17.8. The molecule has 0 fully saturated rings. The predicted molar refractivity (Wildman–Crippen MR) is 110 cm³/mol. The number of aromatic nitrogens is 2. The fourth-order valence-corrected chi connectivity index (χ4v) is 2.19. The lowest BCUT2D eigenvalue weighted by atomic mass is 9.89. The van der Waals surface area contributed by atoms with Gasteiger partial charge in [-0.3, -0.25) is 9.67 Å². The number of halogens is 1. The summed E-state index contributed by atoms with van der Waals surface area (Å²) in [6, 6.07) is 0.430. The summed E-state index contributed by atoms with van der Waals surface area (Å²) < 4.78 is 1.99. The molecule has 1 rings (SSSR count). The molecule has 6 heteroatoms. The number of nitrogens with zero attached hydrogens (tertiary/aromatic N) is 3. The summed E-state index contributed by atoms with van der Waals surface area (Å²) >= 11 is 0. The Morgan fingerprint density at radius 3 is 2.61 bits per heavy atom. The zero-order chi connectivity index (χ0) is 16.6. The molecule has 0 saturated carbocycles. The van der Waals surface area contributed by atoms with E-state index in [1.54, 1.807) is 0 Å². The second-order valence-electron chi connectivity index (χ2n) is 7.28. The molecule has 2 N–H and O–H groups in total. The molecule has 134 valence electrons. The number of aliphatic imine (C=N–C) groups is 1. The molecule has 0 aliphatic heterocycles. The van der Waals surface area contributed by atoms with Gasteiger partial charge in [-0.25, -0.2) is 0 Å². The Hall–Kier alpha value is -0.790. The fraction of sp³-hybridized carbons (Fsp3) is 0.765. The maximum absolute atomic E-state index is 4.29. The summed E-state index contributed by atoms with van der Waals surface area (Å²) in [6.45, 7) is 12.9. The van der Waals surface area contributed by atoms with E-state index in [1.165, 1.54) is 12.0 Å². The van der Waals surface area contributed by atoms with Crippen LogP contribution >= 0.6 is 24.0 Å². The van der Waals surface area contributed by atoms with Crippen molar-refractivity contribution in [2.75, 3.05) is 13.6 Å². The van der Waals surface area contributed by atoms with E-state index in [4.69, 9.17) is 0 Å². The predicted octanol–water partition coefficient (Wildman–Crippen LogP) is 3.58. The van der Waals surface area contributed by atoms with Crippen molar-refractivity contribution in [2.45, 2.75) is 66.5 Å². The highest BCUT2D eigenvalue weighted by Gasteiger charge is 2.13. The Kier molecular flexibility index (Phi) is 10.5. The van der Waals surface area contributed by atoms with Gasteiger partial charge in [0.2, 0.25) is 0 Å². The molecule has 0 aromatic carbocycles. The van der Waals surface area contributed by atoms with Gasteiger partial charge in [0, 0.05) is 32.4 Å². The monoisotopic (exact) mass is 435 g/mol. The van der Waals surface area contributed by atoms with Crippen molar-refractivity contribution in [3.63, 3.8) is 0 Å². The highest BCUT2D eigenvalue weighted by Crippen LogP contribution is 2.21. The molecule has 23 heavy (non-hydrogen) atoms. The van der Waals surface area contributed by atoms with Gasteiger partial charge in [-0.05, 0) is 44.1 Å². The number of hydrogen-bond donors (Lipinski definition) is 2. The first-order valence-electron chi connectivity index (χ1n) is 8.26. The van der Waals surface area contributed by atoms with Crippen molar-refractivity contribution in [2.24, 2.45) is 10.4 Å². The van der Waals surface area contributed by atoms with Crippen molar-refractivity contribution in [1.29, 1.82) is 0 Å². The highest BCUT2D eigenvalue weighted by atomic mass is 127. The lowest BCUT2D eigenvalue weighted by Crippen LogP contribution is -2.42. The molecular formula is C17H34IN5. The minimum absolute atomic E-state index is 0. The molecule has 0 amide bonds.